The van der Waals surface area contributed by atoms with Gasteiger partial charge < -0.3 is 19.7 Å². The van der Waals surface area contributed by atoms with Crippen LogP contribution in [0.25, 0.3) is 22.6 Å². The lowest BCUT2D eigenvalue weighted by atomic mass is 10.1. The van der Waals surface area contributed by atoms with E-state index in [1.54, 1.807) is 49.0 Å². The summed E-state index contributed by atoms with van der Waals surface area (Å²) in [6.45, 7) is 5.22. The van der Waals surface area contributed by atoms with Crippen LogP contribution in [0.3, 0.4) is 0 Å². The van der Waals surface area contributed by atoms with E-state index >= 15 is 0 Å². The van der Waals surface area contributed by atoms with Crippen molar-refractivity contribution in [2.45, 2.75) is 33.5 Å². The number of hydrogen-bond donors (Lipinski definition) is 2. The molecule has 0 aliphatic rings. The van der Waals surface area contributed by atoms with Crippen molar-refractivity contribution in [3.8, 4) is 11.4 Å². The van der Waals surface area contributed by atoms with E-state index in [0.29, 0.717) is 56.8 Å². The number of carbonyl (C=O) groups excluding carboxylic acids is 1. The number of nitrogens with zero attached hydrogens (tertiary/aromatic N) is 5. The molecular formula is C26H22F3N7O2. The van der Waals surface area contributed by atoms with E-state index in [-0.39, 0.29) is 12.5 Å². The fourth-order valence-electron chi connectivity index (χ4n) is 4.03. The fraction of sp³-hybridized carbons (Fsp3) is 0.192. The zero-order valence-electron chi connectivity index (χ0n) is 20.6. The molecule has 0 fully saturated rings. The van der Waals surface area contributed by atoms with Crippen molar-refractivity contribution in [1.29, 1.82) is 0 Å². The fourth-order valence-corrected chi connectivity index (χ4v) is 4.03. The molecule has 0 unspecified atom stereocenters. The number of imidazole rings is 1. The second-order valence-electron chi connectivity index (χ2n) is 8.72. The van der Waals surface area contributed by atoms with Crippen molar-refractivity contribution in [1.82, 2.24) is 24.7 Å². The molecule has 0 saturated heterocycles. The van der Waals surface area contributed by atoms with Gasteiger partial charge in [0.2, 0.25) is 5.91 Å². The molecule has 194 valence electrons. The number of amides is 1. The molecule has 2 aromatic carbocycles. The van der Waals surface area contributed by atoms with Crippen molar-refractivity contribution in [3.63, 3.8) is 0 Å². The average molecular weight is 522 g/mol. The van der Waals surface area contributed by atoms with E-state index in [2.05, 4.69) is 20.8 Å². The van der Waals surface area contributed by atoms with Crippen molar-refractivity contribution in [2.24, 2.45) is 0 Å². The Balaban J connectivity index is 1.55. The molecule has 9 nitrogen and oxygen atoms in total. The van der Waals surface area contributed by atoms with Crippen LogP contribution in [-0.2, 0) is 17.5 Å². The van der Waals surface area contributed by atoms with E-state index in [4.69, 9.17) is 14.5 Å². The molecule has 0 aliphatic heterocycles. The third kappa shape index (κ3) is 5.05. The van der Waals surface area contributed by atoms with E-state index in [9.17, 15) is 18.0 Å². The minimum absolute atomic E-state index is 0.175. The summed E-state index contributed by atoms with van der Waals surface area (Å²) in [5.41, 5.74) is 3.48. The SMILES string of the molecule is CC(=O)Nc1ccc(Nc2nc(-c3c(C)noc3C)nc3c2ncn3Cc2ccc(C(F)(F)F)cc2)cc1. The highest BCUT2D eigenvalue weighted by Gasteiger charge is 2.30. The lowest BCUT2D eigenvalue weighted by Gasteiger charge is -2.11. The van der Waals surface area contributed by atoms with E-state index in [1.165, 1.54) is 19.1 Å². The minimum Gasteiger partial charge on any atom is -0.361 e. The average Bonchev–Trinajstić information content (AvgIpc) is 3.42. The topological polar surface area (TPSA) is 111 Å². The van der Waals surface area contributed by atoms with Gasteiger partial charge >= 0.3 is 6.18 Å². The van der Waals surface area contributed by atoms with Crippen LogP contribution in [0.2, 0.25) is 0 Å². The van der Waals surface area contributed by atoms with Crippen LogP contribution in [0.15, 0.2) is 59.4 Å². The van der Waals surface area contributed by atoms with Gasteiger partial charge in [-0.1, -0.05) is 17.3 Å². The molecule has 0 aliphatic carbocycles. The Morgan fingerprint density at radius 3 is 2.29 bits per heavy atom. The van der Waals surface area contributed by atoms with Gasteiger partial charge in [0, 0.05) is 18.3 Å². The molecule has 0 saturated carbocycles. The van der Waals surface area contributed by atoms with Gasteiger partial charge in [0.25, 0.3) is 0 Å². The van der Waals surface area contributed by atoms with Crippen LogP contribution >= 0.6 is 0 Å². The van der Waals surface area contributed by atoms with Crippen molar-refractivity contribution in [3.05, 3.63) is 77.4 Å². The molecule has 0 radical (unpaired) electrons. The van der Waals surface area contributed by atoms with Gasteiger partial charge in [0.1, 0.15) is 5.76 Å². The molecule has 5 rings (SSSR count). The van der Waals surface area contributed by atoms with Crippen LogP contribution in [-0.4, -0.2) is 30.6 Å². The molecule has 0 bridgehead atoms. The van der Waals surface area contributed by atoms with Crippen molar-refractivity contribution in [2.75, 3.05) is 10.6 Å². The number of rotatable bonds is 6. The maximum Gasteiger partial charge on any atom is 0.416 e. The second-order valence-corrected chi connectivity index (χ2v) is 8.72. The Hall–Kier alpha value is -4.74. The van der Waals surface area contributed by atoms with Crippen LogP contribution in [0.4, 0.5) is 30.4 Å². The number of aryl methyl sites for hydroxylation is 2. The van der Waals surface area contributed by atoms with E-state index in [1.807, 2.05) is 0 Å². The lowest BCUT2D eigenvalue weighted by molar-refractivity contribution is -0.137. The van der Waals surface area contributed by atoms with Gasteiger partial charge in [-0.2, -0.15) is 13.2 Å². The molecule has 1 amide bonds. The largest absolute Gasteiger partial charge is 0.416 e. The molecule has 2 N–H and O–H groups in total. The number of benzene rings is 2. The molecule has 0 atom stereocenters. The van der Waals surface area contributed by atoms with Gasteiger partial charge in [0.05, 0.1) is 29.7 Å². The summed E-state index contributed by atoms with van der Waals surface area (Å²) in [5.74, 6) is 1.15. The summed E-state index contributed by atoms with van der Waals surface area (Å²) in [5, 5.41) is 9.97. The lowest BCUT2D eigenvalue weighted by Crippen LogP contribution is -2.06. The number of nitrogens with one attached hydrogen (secondary N) is 2. The predicted octanol–water partition coefficient (Wildman–Crippen LogP) is 5.87. The first-order valence-electron chi connectivity index (χ1n) is 11.6. The Kier molecular flexibility index (Phi) is 6.31. The summed E-state index contributed by atoms with van der Waals surface area (Å²) in [7, 11) is 0. The number of aromatic nitrogens is 5. The van der Waals surface area contributed by atoms with Crippen LogP contribution in [0, 0.1) is 13.8 Å². The monoisotopic (exact) mass is 521 g/mol. The quantitative estimate of drug-likeness (QED) is 0.288. The maximum absolute atomic E-state index is 13.0. The molecule has 3 aromatic heterocycles. The first-order valence-corrected chi connectivity index (χ1v) is 11.6. The summed E-state index contributed by atoms with van der Waals surface area (Å²) in [4.78, 5) is 25.2. The van der Waals surface area contributed by atoms with Gasteiger partial charge in [-0.3, -0.25) is 4.79 Å². The van der Waals surface area contributed by atoms with Crippen molar-refractivity contribution < 1.29 is 22.5 Å². The standard InChI is InChI=1S/C26H22F3N7O2/c1-14-21(15(2)38-35-14)23-33-24(32-20-10-8-19(9-11-20)31-16(3)37)22-25(34-23)36(13-30-22)12-17-4-6-18(7-5-17)26(27,28)29/h4-11,13H,12H2,1-3H3,(H,31,37)(H,32,33,34). The highest BCUT2D eigenvalue weighted by molar-refractivity contribution is 5.90. The third-order valence-corrected chi connectivity index (χ3v) is 5.82. The number of alkyl halides is 3. The number of anilines is 3. The highest BCUT2D eigenvalue weighted by atomic mass is 19.4. The van der Waals surface area contributed by atoms with Gasteiger partial charge in [-0.05, 0) is 55.8 Å². The first kappa shape index (κ1) is 24.9. The van der Waals surface area contributed by atoms with Gasteiger partial charge in [-0.15, -0.1) is 0 Å². The third-order valence-electron chi connectivity index (χ3n) is 5.82. The number of hydrogen-bond acceptors (Lipinski definition) is 7. The highest BCUT2D eigenvalue weighted by Crippen LogP contribution is 2.31. The zero-order chi connectivity index (χ0) is 27.0. The van der Waals surface area contributed by atoms with Gasteiger partial charge in [0.15, 0.2) is 22.8 Å². The van der Waals surface area contributed by atoms with Crippen LogP contribution in [0.5, 0.6) is 0 Å². The predicted molar refractivity (Wildman–Crippen MR) is 135 cm³/mol. The summed E-state index contributed by atoms with van der Waals surface area (Å²) in [6, 6.07) is 12.0. The Bertz CT molecular complexity index is 1600. The summed E-state index contributed by atoms with van der Waals surface area (Å²) < 4.78 is 46.0. The summed E-state index contributed by atoms with van der Waals surface area (Å²) in [6.07, 6.45) is -2.84. The van der Waals surface area contributed by atoms with Crippen LogP contribution < -0.4 is 10.6 Å². The van der Waals surface area contributed by atoms with Crippen LogP contribution in [0.1, 0.15) is 29.5 Å². The first-order chi connectivity index (χ1) is 18.1. The molecule has 3 heterocycles. The number of halogens is 3. The number of carbonyl (C=O) groups is 1. The smallest absolute Gasteiger partial charge is 0.361 e. The number of fused-ring (bicyclic) bond motifs is 1. The summed E-state index contributed by atoms with van der Waals surface area (Å²) >= 11 is 0. The minimum atomic E-state index is -4.41. The Morgan fingerprint density at radius 2 is 1.68 bits per heavy atom. The molecule has 0 spiro atoms. The normalized spacial score (nSPS) is 11.6. The van der Waals surface area contributed by atoms with Gasteiger partial charge in [-0.25, -0.2) is 15.0 Å². The van der Waals surface area contributed by atoms with Crippen molar-refractivity contribution >= 4 is 34.3 Å². The zero-order valence-corrected chi connectivity index (χ0v) is 20.6. The second kappa shape index (κ2) is 9.61. The molecule has 12 heteroatoms. The maximum atomic E-state index is 13.0. The molecule has 5 aromatic rings. The Morgan fingerprint density at radius 1 is 1.00 bits per heavy atom. The molecular weight excluding hydrogens is 499 g/mol. The Labute approximate surface area is 214 Å². The van der Waals surface area contributed by atoms with E-state index < -0.39 is 11.7 Å². The molecule has 38 heavy (non-hydrogen) atoms. The van der Waals surface area contributed by atoms with E-state index in [0.717, 1.165) is 12.1 Å².